The number of aliphatic carboxylic acids is 3. The van der Waals surface area contributed by atoms with Crippen LogP contribution in [0, 0.1) is 0 Å². The van der Waals surface area contributed by atoms with Crippen LogP contribution in [-0.4, -0.2) is 35.3 Å². The molecule has 0 rings (SSSR count). The molecule has 0 heterocycles. The van der Waals surface area contributed by atoms with E-state index in [0.717, 1.165) is 77.0 Å². The predicted molar refractivity (Wildman–Crippen MR) is 130 cm³/mol. The van der Waals surface area contributed by atoms with Gasteiger partial charge in [-0.2, -0.15) is 0 Å². The first-order valence-electron chi connectivity index (χ1n) is 13.1. The Morgan fingerprint density at radius 1 is 0.405 bits per heavy atom. The molecule has 215 valence electrons. The second kappa shape index (κ2) is 32.0. The number of ketones is 3. The first-order chi connectivity index (χ1) is 17.0. The maximum atomic E-state index is 10.8. The van der Waals surface area contributed by atoms with Crippen molar-refractivity contribution < 1.29 is 61.2 Å². The number of carbonyl (C=O) groups excluding carboxylic acids is 6. The Morgan fingerprint density at radius 3 is 0.784 bits per heavy atom. The molecular formula is C27H45FeO9. The van der Waals surface area contributed by atoms with Crippen molar-refractivity contribution in [3.63, 3.8) is 0 Å². The topological polar surface area (TPSA) is 172 Å². The van der Waals surface area contributed by atoms with Gasteiger partial charge in [0.25, 0.3) is 0 Å². The molecule has 0 aliphatic rings. The van der Waals surface area contributed by atoms with Crippen LogP contribution in [0.15, 0.2) is 0 Å². The molecule has 0 aliphatic carbocycles. The minimum atomic E-state index is -1.27. The predicted octanol–water partition coefficient (Wildman–Crippen LogP) is 2.00. The Balaban J connectivity index is -0.000000218. The van der Waals surface area contributed by atoms with E-state index in [-0.39, 0.29) is 34.4 Å². The molecule has 9 nitrogen and oxygen atoms in total. The molecule has 0 aromatic carbocycles. The molecule has 0 aromatic heterocycles. The van der Waals surface area contributed by atoms with Crippen molar-refractivity contribution in [2.24, 2.45) is 0 Å². The minimum absolute atomic E-state index is 0. The molecule has 0 atom stereocenters. The third-order valence-corrected chi connectivity index (χ3v) is 4.95. The monoisotopic (exact) mass is 569 g/mol. The fourth-order valence-corrected chi connectivity index (χ4v) is 2.99. The molecule has 0 aliphatic heterocycles. The number of Topliss-reactive ketones (excluding diaryl/α,β-unsaturated/α-hetero) is 3. The summed E-state index contributed by atoms with van der Waals surface area (Å²) in [6, 6.07) is 0. The molecule has 0 bridgehead atoms. The van der Waals surface area contributed by atoms with Crippen molar-refractivity contribution in [1.82, 2.24) is 0 Å². The van der Waals surface area contributed by atoms with E-state index in [0.29, 0.717) is 19.3 Å². The van der Waals surface area contributed by atoms with Crippen molar-refractivity contribution in [2.45, 2.75) is 136 Å². The number of carbonyl (C=O) groups is 6. The summed E-state index contributed by atoms with van der Waals surface area (Å²) in [6.07, 6.45) is 12.0. The second-order valence-electron chi connectivity index (χ2n) is 8.69. The Kier molecular flexibility index (Phi) is 36.3. The summed E-state index contributed by atoms with van der Waals surface area (Å²) in [5.41, 5.74) is 0. The molecule has 0 aromatic rings. The first kappa shape index (κ1) is 42.0. The SMILES string of the molecule is CCCCCCC(=O)CC(=O)[O-].CCCCCCC(=O)CC(=O)[O-].CCCCCCC(=O)CC(=O)[O-].[Fe+3]. The van der Waals surface area contributed by atoms with Crippen molar-refractivity contribution in [3.05, 3.63) is 0 Å². The van der Waals surface area contributed by atoms with Crippen LogP contribution in [0.3, 0.4) is 0 Å². The zero-order valence-corrected chi connectivity index (χ0v) is 23.9. The van der Waals surface area contributed by atoms with Crippen molar-refractivity contribution >= 4 is 35.3 Å². The molecule has 0 saturated heterocycles. The third-order valence-electron chi connectivity index (χ3n) is 4.95. The average Bonchev–Trinajstić information content (AvgIpc) is 2.77. The summed E-state index contributed by atoms with van der Waals surface area (Å²) in [6.45, 7) is 6.26. The van der Waals surface area contributed by atoms with Gasteiger partial charge in [-0.15, -0.1) is 0 Å². The molecule has 1 radical (unpaired) electrons. The standard InChI is InChI=1S/3C9H16O3.Fe/c3*1-2-3-4-5-6-8(10)7-9(11)12;/h3*2-7H2,1H3,(H,11,12);/q;;;+3/p-3. The van der Waals surface area contributed by atoms with E-state index in [1.807, 2.05) is 0 Å². The van der Waals surface area contributed by atoms with Crippen molar-refractivity contribution in [3.8, 4) is 0 Å². The van der Waals surface area contributed by atoms with Crippen LogP contribution in [-0.2, 0) is 45.8 Å². The van der Waals surface area contributed by atoms with E-state index in [2.05, 4.69) is 20.8 Å². The molecule has 0 N–H and O–H groups in total. The van der Waals surface area contributed by atoms with Crippen LogP contribution in [0.5, 0.6) is 0 Å². The summed E-state index contributed by atoms with van der Waals surface area (Å²) in [7, 11) is 0. The Morgan fingerprint density at radius 2 is 0.622 bits per heavy atom. The maximum Gasteiger partial charge on any atom is 3.00 e. The first-order valence-corrected chi connectivity index (χ1v) is 13.1. The van der Waals surface area contributed by atoms with Gasteiger partial charge in [0, 0.05) is 56.4 Å². The van der Waals surface area contributed by atoms with E-state index in [1.165, 1.54) is 0 Å². The summed E-state index contributed by atoms with van der Waals surface area (Å²) in [5, 5.41) is 29.9. The van der Waals surface area contributed by atoms with Gasteiger partial charge in [-0.1, -0.05) is 78.6 Å². The fourth-order valence-electron chi connectivity index (χ4n) is 2.99. The zero-order valence-electron chi connectivity index (χ0n) is 22.8. The summed E-state index contributed by atoms with van der Waals surface area (Å²) >= 11 is 0. The van der Waals surface area contributed by atoms with Crippen LogP contribution in [0.25, 0.3) is 0 Å². The van der Waals surface area contributed by atoms with Gasteiger partial charge in [-0.05, 0) is 19.3 Å². The van der Waals surface area contributed by atoms with Crippen LogP contribution < -0.4 is 15.3 Å². The molecule has 0 fully saturated rings. The van der Waals surface area contributed by atoms with E-state index in [9.17, 15) is 44.1 Å². The Hall–Kier alpha value is -2.06. The van der Waals surface area contributed by atoms with Gasteiger partial charge in [0.2, 0.25) is 0 Å². The van der Waals surface area contributed by atoms with Crippen molar-refractivity contribution in [1.29, 1.82) is 0 Å². The van der Waals surface area contributed by atoms with E-state index < -0.39 is 37.2 Å². The number of unbranched alkanes of at least 4 members (excludes halogenated alkanes) is 9. The summed E-state index contributed by atoms with van der Waals surface area (Å²) < 4.78 is 0. The normalized spacial score (nSPS) is 9.49. The van der Waals surface area contributed by atoms with Crippen molar-refractivity contribution in [2.75, 3.05) is 0 Å². The maximum absolute atomic E-state index is 10.8. The minimum Gasteiger partial charge on any atom is -0.550 e. The summed E-state index contributed by atoms with van der Waals surface area (Å²) in [4.78, 5) is 62.3. The fraction of sp³-hybridized carbons (Fsp3) is 0.778. The average molecular weight is 569 g/mol. The molecule has 37 heavy (non-hydrogen) atoms. The number of carboxylic acids is 3. The van der Waals surface area contributed by atoms with Crippen LogP contribution in [0.1, 0.15) is 136 Å². The van der Waals surface area contributed by atoms with Crippen LogP contribution >= 0.6 is 0 Å². The molecule has 0 spiro atoms. The van der Waals surface area contributed by atoms with Crippen LogP contribution in [0.2, 0.25) is 0 Å². The second-order valence-corrected chi connectivity index (χ2v) is 8.69. The number of rotatable bonds is 21. The smallest absolute Gasteiger partial charge is 0.550 e. The third kappa shape index (κ3) is 44.4. The molecular weight excluding hydrogens is 524 g/mol. The van der Waals surface area contributed by atoms with Gasteiger partial charge < -0.3 is 29.7 Å². The van der Waals surface area contributed by atoms with Gasteiger partial charge in [-0.3, -0.25) is 14.4 Å². The van der Waals surface area contributed by atoms with E-state index in [4.69, 9.17) is 0 Å². The van der Waals surface area contributed by atoms with Gasteiger partial charge in [0.1, 0.15) is 17.3 Å². The Bertz CT molecular complexity index is 548. The van der Waals surface area contributed by atoms with Gasteiger partial charge in [0.05, 0.1) is 0 Å². The molecule has 0 amide bonds. The zero-order chi connectivity index (χ0) is 28.2. The molecule has 10 heteroatoms. The van der Waals surface area contributed by atoms with Crippen LogP contribution in [0.4, 0.5) is 0 Å². The van der Waals surface area contributed by atoms with E-state index >= 15 is 0 Å². The largest absolute Gasteiger partial charge is 3.00 e. The van der Waals surface area contributed by atoms with E-state index in [1.54, 1.807) is 0 Å². The van der Waals surface area contributed by atoms with Gasteiger partial charge in [0.15, 0.2) is 0 Å². The molecule has 0 unspecified atom stereocenters. The number of hydrogen-bond donors (Lipinski definition) is 0. The summed E-state index contributed by atoms with van der Waals surface area (Å²) in [5.74, 6) is -4.45. The molecule has 0 saturated carbocycles. The number of carboxylic acid groups (broad SMARTS) is 3. The number of hydrogen-bond acceptors (Lipinski definition) is 9. The van der Waals surface area contributed by atoms with Gasteiger partial charge in [-0.25, -0.2) is 0 Å². The Labute approximate surface area is 232 Å². The van der Waals surface area contributed by atoms with Gasteiger partial charge >= 0.3 is 17.1 Å². The quantitative estimate of drug-likeness (QED) is 0.114.